The van der Waals surface area contributed by atoms with Crippen LogP contribution in [0, 0.1) is 6.92 Å². The molecule has 1 atom stereocenters. The zero-order chi connectivity index (χ0) is 19.6. The third-order valence-corrected chi connectivity index (χ3v) is 6.36. The highest BCUT2D eigenvalue weighted by molar-refractivity contribution is 7.91. The lowest BCUT2D eigenvalue weighted by Gasteiger charge is -2.24. The van der Waals surface area contributed by atoms with Crippen LogP contribution in [-0.4, -0.2) is 56.0 Å². The highest BCUT2D eigenvalue weighted by atomic mass is 32.2. The minimum atomic E-state index is -3.01. The van der Waals surface area contributed by atoms with Crippen molar-refractivity contribution in [1.82, 2.24) is 9.97 Å². The normalized spacial score (nSPS) is 18.1. The van der Waals surface area contributed by atoms with Gasteiger partial charge in [0.1, 0.15) is 23.6 Å². The van der Waals surface area contributed by atoms with Crippen LogP contribution in [0.2, 0.25) is 0 Å². The van der Waals surface area contributed by atoms with Gasteiger partial charge in [-0.2, -0.15) is 0 Å². The molecule has 1 aromatic heterocycles. The molecule has 1 N–H and O–H groups in total. The molecule has 1 unspecified atom stereocenters. The average molecular weight is 390 g/mol. The molecule has 2 heterocycles. The second-order valence-corrected chi connectivity index (χ2v) is 8.82. The Balaban J connectivity index is 1.79. The Morgan fingerprint density at radius 3 is 2.74 bits per heavy atom. The van der Waals surface area contributed by atoms with Crippen molar-refractivity contribution in [3.8, 4) is 5.75 Å². The molecule has 0 radical (unpaired) electrons. The number of aromatic nitrogens is 2. The van der Waals surface area contributed by atoms with E-state index in [0.29, 0.717) is 23.7 Å². The van der Waals surface area contributed by atoms with Crippen molar-refractivity contribution >= 4 is 27.2 Å². The van der Waals surface area contributed by atoms with Gasteiger partial charge < -0.3 is 15.0 Å². The first-order valence-electron chi connectivity index (χ1n) is 8.50. The summed E-state index contributed by atoms with van der Waals surface area (Å²) in [5.41, 5.74) is 1.73. The summed E-state index contributed by atoms with van der Waals surface area (Å²) >= 11 is 0. The predicted molar refractivity (Wildman–Crippen MR) is 103 cm³/mol. The summed E-state index contributed by atoms with van der Waals surface area (Å²) in [7, 11) is 0.307. The number of rotatable bonds is 5. The molecule has 8 nitrogen and oxygen atoms in total. The molecule has 1 fully saturated rings. The van der Waals surface area contributed by atoms with Crippen LogP contribution >= 0.6 is 0 Å². The summed E-state index contributed by atoms with van der Waals surface area (Å²) in [6, 6.07) is 6.89. The van der Waals surface area contributed by atoms with E-state index < -0.39 is 15.7 Å². The molecular weight excluding hydrogens is 368 g/mol. The van der Waals surface area contributed by atoms with E-state index in [2.05, 4.69) is 15.3 Å². The molecule has 9 heteroatoms. The molecule has 1 aromatic carbocycles. The molecule has 2 aromatic rings. The maximum atomic E-state index is 12.6. The lowest BCUT2D eigenvalue weighted by Crippen LogP contribution is -2.33. The number of methoxy groups -OCH3 is 1. The van der Waals surface area contributed by atoms with Crippen molar-refractivity contribution in [2.45, 2.75) is 19.4 Å². The molecule has 0 saturated carbocycles. The topological polar surface area (TPSA) is 101 Å². The van der Waals surface area contributed by atoms with Crippen LogP contribution in [0.15, 0.2) is 30.6 Å². The van der Waals surface area contributed by atoms with Gasteiger partial charge in [0.05, 0.1) is 24.3 Å². The number of aryl methyl sites for hydroxylation is 1. The first-order chi connectivity index (χ1) is 12.8. The number of benzene rings is 1. The minimum Gasteiger partial charge on any atom is -0.495 e. The molecule has 0 aliphatic carbocycles. The van der Waals surface area contributed by atoms with E-state index >= 15 is 0 Å². The van der Waals surface area contributed by atoms with Gasteiger partial charge >= 0.3 is 0 Å². The van der Waals surface area contributed by atoms with Crippen LogP contribution < -0.4 is 15.0 Å². The number of anilines is 2. The Morgan fingerprint density at radius 1 is 1.30 bits per heavy atom. The van der Waals surface area contributed by atoms with E-state index in [4.69, 9.17) is 4.74 Å². The van der Waals surface area contributed by atoms with Crippen LogP contribution in [0.5, 0.6) is 5.75 Å². The van der Waals surface area contributed by atoms with Gasteiger partial charge in [0.2, 0.25) is 0 Å². The lowest BCUT2D eigenvalue weighted by molar-refractivity contribution is 0.102. The molecular formula is C18H22N4O4S. The summed E-state index contributed by atoms with van der Waals surface area (Å²) < 4.78 is 28.7. The largest absolute Gasteiger partial charge is 0.495 e. The molecule has 27 heavy (non-hydrogen) atoms. The van der Waals surface area contributed by atoms with Crippen LogP contribution in [-0.2, 0) is 9.84 Å². The Kier molecular flexibility index (Phi) is 5.31. The van der Waals surface area contributed by atoms with E-state index in [1.54, 1.807) is 24.1 Å². The molecule has 1 saturated heterocycles. The maximum Gasteiger partial charge on any atom is 0.274 e. The average Bonchev–Trinajstić information content (AvgIpc) is 3.01. The summed E-state index contributed by atoms with van der Waals surface area (Å²) in [4.78, 5) is 22.6. The Hall–Kier alpha value is -2.68. The van der Waals surface area contributed by atoms with Gasteiger partial charge in [-0.05, 0) is 31.0 Å². The van der Waals surface area contributed by atoms with Gasteiger partial charge in [0.15, 0.2) is 9.84 Å². The minimum absolute atomic E-state index is 0.0928. The van der Waals surface area contributed by atoms with Crippen molar-refractivity contribution in [2.24, 2.45) is 0 Å². The fourth-order valence-electron chi connectivity index (χ4n) is 3.04. The first kappa shape index (κ1) is 19.1. The van der Waals surface area contributed by atoms with E-state index in [0.717, 1.165) is 5.56 Å². The van der Waals surface area contributed by atoms with Gasteiger partial charge in [-0.25, -0.2) is 18.4 Å². The monoisotopic (exact) mass is 390 g/mol. The summed E-state index contributed by atoms with van der Waals surface area (Å²) in [6.07, 6.45) is 1.85. The summed E-state index contributed by atoms with van der Waals surface area (Å²) in [6.45, 7) is 1.92. The zero-order valence-corrected chi connectivity index (χ0v) is 16.3. The Morgan fingerprint density at radius 2 is 2.07 bits per heavy atom. The van der Waals surface area contributed by atoms with Crippen LogP contribution in [0.3, 0.4) is 0 Å². The lowest BCUT2D eigenvalue weighted by atomic mass is 10.2. The number of carbonyl (C=O) groups excluding carboxylic acids is 1. The van der Waals surface area contributed by atoms with Gasteiger partial charge in [0, 0.05) is 19.2 Å². The highest BCUT2D eigenvalue weighted by Crippen LogP contribution is 2.26. The van der Waals surface area contributed by atoms with Crippen molar-refractivity contribution < 1.29 is 17.9 Å². The molecule has 1 amide bonds. The summed E-state index contributed by atoms with van der Waals surface area (Å²) in [5.74, 6) is 0.934. The molecule has 0 bridgehead atoms. The smallest absolute Gasteiger partial charge is 0.274 e. The number of sulfone groups is 1. The number of hydrogen-bond acceptors (Lipinski definition) is 7. The van der Waals surface area contributed by atoms with Crippen molar-refractivity contribution in [3.05, 3.63) is 41.9 Å². The van der Waals surface area contributed by atoms with E-state index in [9.17, 15) is 13.2 Å². The zero-order valence-electron chi connectivity index (χ0n) is 15.5. The molecule has 1 aliphatic rings. The Labute approximate surface area is 158 Å². The molecule has 144 valence electrons. The fraction of sp³-hybridized carbons (Fsp3) is 0.389. The van der Waals surface area contributed by atoms with Crippen molar-refractivity contribution in [3.63, 3.8) is 0 Å². The molecule has 3 rings (SSSR count). The first-order valence-corrected chi connectivity index (χ1v) is 10.3. The van der Waals surface area contributed by atoms with E-state index in [-0.39, 0.29) is 23.2 Å². The van der Waals surface area contributed by atoms with Gasteiger partial charge in [-0.1, -0.05) is 6.07 Å². The molecule has 1 aliphatic heterocycles. The second kappa shape index (κ2) is 7.51. The van der Waals surface area contributed by atoms with Crippen molar-refractivity contribution in [2.75, 3.05) is 35.9 Å². The SMILES string of the molecule is COc1ccc(C)cc1NC(=O)c1cc(N(C)C2CCS(=O)(=O)C2)ncn1. The van der Waals surface area contributed by atoms with Crippen LogP contribution in [0.4, 0.5) is 11.5 Å². The third-order valence-electron chi connectivity index (χ3n) is 4.61. The third kappa shape index (κ3) is 4.36. The predicted octanol–water partition coefficient (Wildman–Crippen LogP) is 1.67. The quantitative estimate of drug-likeness (QED) is 0.828. The maximum absolute atomic E-state index is 12.6. The van der Waals surface area contributed by atoms with Gasteiger partial charge in [-0.15, -0.1) is 0 Å². The Bertz CT molecular complexity index is 962. The van der Waals surface area contributed by atoms with Crippen LogP contribution in [0.1, 0.15) is 22.5 Å². The van der Waals surface area contributed by atoms with E-state index in [1.165, 1.54) is 13.4 Å². The highest BCUT2D eigenvalue weighted by Gasteiger charge is 2.31. The van der Waals surface area contributed by atoms with Crippen molar-refractivity contribution in [1.29, 1.82) is 0 Å². The summed E-state index contributed by atoms with van der Waals surface area (Å²) in [5, 5.41) is 2.80. The number of amides is 1. The fourth-order valence-corrected chi connectivity index (χ4v) is 4.81. The van der Waals surface area contributed by atoms with E-state index in [1.807, 2.05) is 19.1 Å². The van der Waals surface area contributed by atoms with Gasteiger partial charge in [0.25, 0.3) is 5.91 Å². The number of ether oxygens (including phenoxy) is 1. The molecule has 0 spiro atoms. The number of hydrogen-bond donors (Lipinski definition) is 1. The van der Waals surface area contributed by atoms with Gasteiger partial charge in [-0.3, -0.25) is 4.79 Å². The number of carbonyl (C=O) groups is 1. The second-order valence-electron chi connectivity index (χ2n) is 6.59. The number of nitrogens with zero attached hydrogens (tertiary/aromatic N) is 3. The number of nitrogens with one attached hydrogen (secondary N) is 1. The standard InChI is InChI=1S/C18H22N4O4S/c1-12-4-5-16(26-3)14(8-12)21-18(23)15-9-17(20-11-19-15)22(2)13-6-7-27(24,25)10-13/h4-5,8-9,11,13H,6-7,10H2,1-3H3,(H,21,23). The van der Waals surface area contributed by atoms with Crippen LogP contribution in [0.25, 0.3) is 0 Å².